The molecule has 0 fully saturated rings. The normalized spacial score (nSPS) is 11.4. The third-order valence-corrected chi connectivity index (χ3v) is 4.81. The van der Waals surface area contributed by atoms with Gasteiger partial charge in [-0.05, 0) is 47.5 Å². The molecule has 166 valence electrons. The van der Waals surface area contributed by atoms with Crippen LogP contribution in [0.2, 0.25) is 0 Å². The molecule has 7 N–H and O–H groups in total. The number of rotatable bonds is 8. The summed E-state index contributed by atoms with van der Waals surface area (Å²) < 4.78 is 5.48. The van der Waals surface area contributed by atoms with Crippen molar-refractivity contribution in [2.45, 2.75) is 19.1 Å². The fraction of sp³-hybridized carbons (Fsp3) is 0.167. The first-order valence-corrected chi connectivity index (χ1v) is 10.1. The second-order valence-electron chi connectivity index (χ2n) is 7.16. The summed E-state index contributed by atoms with van der Waals surface area (Å²) in [5.74, 6) is -0.310. The largest absolute Gasteiger partial charge is 0.441 e. The van der Waals surface area contributed by atoms with Gasteiger partial charge in [0.25, 0.3) is 5.91 Å². The molecule has 0 aliphatic carbocycles. The van der Waals surface area contributed by atoms with Crippen molar-refractivity contribution in [3.8, 4) is 0 Å². The number of amides is 2. The van der Waals surface area contributed by atoms with Gasteiger partial charge in [0.1, 0.15) is 6.10 Å². The topological polar surface area (TPSA) is 140 Å². The third-order valence-electron chi connectivity index (χ3n) is 4.81. The van der Waals surface area contributed by atoms with Crippen LogP contribution in [0.15, 0.2) is 72.8 Å². The molecule has 3 rings (SSSR count). The smallest absolute Gasteiger partial charge is 0.408 e. The first-order chi connectivity index (χ1) is 15.5. The van der Waals surface area contributed by atoms with Gasteiger partial charge in [-0.2, -0.15) is 0 Å². The van der Waals surface area contributed by atoms with E-state index in [9.17, 15) is 14.7 Å². The van der Waals surface area contributed by atoms with Crippen molar-refractivity contribution in [3.63, 3.8) is 0 Å². The minimum absolute atomic E-state index is 0.161. The summed E-state index contributed by atoms with van der Waals surface area (Å²) in [6.07, 6.45) is -1.04. The average Bonchev–Trinajstić information content (AvgIpc) is 2.80. The zero-order chi connectivity index (χ0) is 22.9. The third kappa shape index (κ3) is 6.23. The molecule has 0 aromatic heterocycles. The summed E-state index contributed by atoms with van der Waals surface area (Å²) in [7, 11) is 0. The number of carbonyl (C=O) groups is 2. The van der Waals surface area contributed by atoms with Crippen LogP contribution < -0.4 is 22.1 Å². The summed E-state index contributed by atoms with van der Waals surface area (Å²) in [4.78, 5) is 24.7. The van der Waals surface area contributed by atoms with Crippen molar-refractivity contribution < 1.29 is 19.4 Å². The zero-order valence-electron chi connectivity index (χ0n) is 17.5. The lowest BCUT2D eigenvalue weighted by atomic mass is 10.0. The van der Waals surface area contributed by atoms with Gasteiger partial charge in [-0.1, -0.05) is 36.4 Å². The molecule has 32 heavy (non-hydrogen) atoms. The second kappa shape index (κ2) is 10.8. The molecule has 0 spiro atoms. The molecule has 0 saturated carbocycles. The Morgan fingerprint density at radius 2 is 1.62 bits per heavy atom. The lowest BCUT2D eigenvalue weighted by molar-refractivity contribution is 0.0797. The standard InChI is InChI=1S/C24H26N4O4/c25-19-11-5-16(6-12-19)15-27-24(31)32-22(13-14-29)17-7-9-18(10-8-17)23(30)28-21-4-2-1-3-20(21)26/h1-12,22,29H,13-15,25-26H2,(H,27,31)(H,28,30)/t22-/m1/s1. The van der Waals surface area contributed by atoms with Crippen molar-refractivity contribution in [2.75, 3.05) is 23.4 Å². The van der Waals surface area contributed by atoms with Gasteiger partial charge >= 0.3 is 6.09 Å². The summed E-state index contributed by atoms with van der Waals surface area (Å²) in [6.45, 7) is 0.123. The van der Waals surface area contributed by atoms with Crippen LogP contribution in [-0.4, -0.2) is 23.7 Å². The van der Waals surface area contributed by atoms with Crippen LogP contribution in [0.1, 0.15) is 34.0 Å². The van der Waals surface area contributed by atoms with Crippen LogP contribution >= 0.6 is 0 Å². The molecule has 2 amide bonds. The van der Waals surface area contributed by atoms with E-state index in [4.69, 9.17) is 16.2 Å². The van der Waals surface area contributed by atoms with Crippen LogP contribution in [0.3, 0.4) is 0 Å². The molecule has 8 nitrogen and oxygen atoms in total. The van der Waals surface area contributed by atoms with E-state index in [2.05, 4.69) is 10.6 Å². The molecule has 0 saturated heterocycles. The van der Waals surface area contributed by atoms with Crippen molar-refractivity contribution in [1.82, 2.24) is 5.32 Å². The lowest BCUT2D eigenvalue weighted by Gasteiger charge is -2.18. The Labute approximate surface area is 186 Å². The Balaban J connectivity index is 1.60. The Hall–Kier alpha value is -4.04. The van der Waals surface area contributed by atoms with E-state index in [1.165, 1.54) is 0 Å². The fourth-order valence-electron chi connectivity index (χ4n) is 3.05. The van der Waals surface area contributed by atoms with E-state index in [0.29, 0.717) is 28.2 Å². The first-order valence-electron chi connectivity index (χ1n) is 10.1. The van der Waals surface area contributed by atoms with Crippen molar-refractivity contribution in [2.24, 2.45) is 0 Å². The van der Waals surface area contributed by atoms with Crippen molar-refractivity contribution in [1.29, 1.82) is 0 Å². The molecule has 0 bridgehead atoms. The van der Waals surface area contributed by atoms with Gasteiger partial charge in [0.15, 0.2) is 0 Å². The van der Waals surface area contributed by atoms with Crippen LogP contribution in [0, 0.1) is 0 Å². The highest BCUT2D eigenvalue weighted by molar-refractivity contribution is 6.05. The van der Waals surface area contributed by atoms with Crippen LogP contribution in [-0.2, 0) is 11.3 Å². The maximum Gasteiger partial charge on any atom is 0.408 e. The second-order valence-corrected chi connectivity index (χ2v) is 7.16. The van der Waals surface area contributed by atoms with Gasteiger partial charge in [0, 0.05) is 30.8 Å². The van der Waals surface area contributed by atoms with Gasteiger partial charge in [0.05, 0.1) is 11.4 Å². The highest BCUT2D eigenvalue weighted by atomic mass is 16.6. The molecule has 0 heterocycles. The van der Waals surface area contributed by atoms with Gasteiger partial charge in [-0.25, -0.2) is 4.79 Å². The number of anilines is 3. The van der Waals surface area contributed by atoms with E-state index in [1.54, 1.807) is 60.7 Å². The van der Waals surface area contributed by atoms with Crippen molar-refractivity contribution >= 4 is 29.1 Å². The summed E-state index contributed by atoms with van der Waals surface area (Å²) in [5, 5.41) is 14.8. The van der Waals surface area contributed by atoms with Gasteiger partial charge in [-0.15, -0.1) is 0 Å². The molecular formula is C24H26N4O4. The zero-order valence-corrected chi connectivity index (χ0v) is 17.5. The van der Waals surface area contributed by atoms with Crippen molar-refractivity contribution in [3.05, 3.63) is 89.5 Å². The summed E-state index contributed by atoms with van der Waals surface area (Å²) >= 11 is 0. The van der Waals surface area contributed by atoms with Crippen LogP contribution in [0.5, 0.6) is 0 Å². The van der Waals surface area contributed by atoms with Gasteiger partial charge < -0.3 is 31.9 Å². The Morgan fingerprint density at radius 3 is 2.28 bits per heavy atom. The number of hydrogen-bond donors (Lipinski definition) is 5. The van der Waals surface area contributed by atoms with Gasteiger partial charge in [0.2, 0.25) is 0 Å². The summed E-state index contributed by atoms with van der Waals surface area (Å²) in [6, 6.07) is 20.8. The highest BCUT2D eigenvalue weighted by Crippen LogP contribution is 2.23. The summed E-state index contributed by atoms with van der Waals surface area (Å²) in [5.41, 5.74) is 15.1. The average molecular weight is 434 g/mol. The van der Waals surface area contributed by atoms with E-state index >= 15 is 0 Å². The number of aliphatic hydroxyl groups excluding tert-OH is 1. The number of nitrogens with one attached hydrogen (secondary N) is 2. The minimum Gasteiger partial charge on any atom is -0.441 e. The quantitative estimate of drug-likeness (QED) is 0.344. The number of hydrogen-bond acceptors (Lipinski definition) is 6. The Morgan fingerprint density at radius 1 is 0.938 bits per heavy atom. The number of para-hydroxylation sites is 2. The highest BCUT2D eigenvalue weighted by Gasteiger charge is 2.17. The molecule has 0 unspecified atom stereocenters. The van der Waals surface area contributed by atoms with E-state index < -0.39 is 12.2 Å². The first kappa shape index (κ1) is 22.6. The predicted octanol–water partition coefficient (Wildman–Crippen LogP) is 3.45. The molecule has 0 aliphatic heterocycles. The lowest BCUT2D eigenvalue weighted by Crippen LogP contribution is -2.26. The minimum atomic E-state index is -0.659. The Bertz CT molecular complexity index is 1050. The Kier molecular flexibility index (Phi) is 7.66. The molecule has 0 aliphatic rings. The fourth-order valence-corrected chi connectivity index (χ4v) is 3.05. The number of alkyl carbamates (subject to hydrolysis) is 1. The van der Waals surface area contributed by atoms with Crippen LogP contribution in [0.25, 0.3) is 0 Å². The van der Waals surface area contributed by atoms with E-state index in [-0.39, 0.29) is 25.5 Å². The van der Waals surface area contributed by atoms with Gasteiger partial charge in [-0.3, -0.25) is 4.79 Å². The number of nitrogens with two attached hydrogens (primary N) is 2. The number of aliphatic hydroxyl groups is 1. The predicted molar refractivity (Wildman–Crippen MR) is 124 cm³/mol. The SMILES string of the molecule is Nc1ccc(CNC(=O)O[C@H](CCO)c2ccc(C(=O)Nc3ccccc3N)cc2)cc1. The molecule has 1 atom stereocenters. The maximum atomic E-state index is 12.5. The molecular weight excluding hydrogens is 408 g/mol. The number of carbonyl (C=O) groups excluding carboxylic acids is 2. The maximum absolute atomic E-state index is 12.5. The molecule has 0 radical (unpaired) electrons. The molecule has 3 aromatic rings. The van der Waals surface area contributed by atoms with Crippen LogP contribution in [0.4, 0.5) is 21.9 Å². The number of ether oxygens (including phenoxy) is 1. The molecule has 8 heteroatoms. The molecule has 3 aromatic carbocycles. The number of benzene rings is 3. The monoisotopic (exact) mass is 434 g/mol. The number of nitrogen functional groups attached to an aromatic ring is 2. The van der Waals surface area contributed by atoms with E-state index in [1.807, 2.05) is 12.1 Å². The van der Waals surface area contributed by atoms with E-state index in [0.717, 1.165) is 5.56 Å².